The number of hydrogen-bond acceptors (Lipinski definition) is 5. The van der Waals surface area contributed by atoms with Crippen LogP contribution in [0.2, 0.25) is 0 Å². The number of fused-ring (bicyclic) bond motifs is 2. The van der Waals surface area contributed by atoms with Crippen LogP contribution in [0.1, 0.15) is 55.7 Å². The molecule has 0 saturated heterocycles. The number of hydrogen-bond donors (Lipinski definition) is 4. The Hall–Kier alpha value is -2.97. The van der Waals surface area contributed by atoms with E-state index in [0.29, 0.717) is 30.8 Å². The summed E-state index contributed by atoms with van der Waals surface area (Å²) >= 11 is 0. The molecule has 0 aromatic heterocycles. The molecule has 7 nitrogen and oxygen atoms in total. The molecular formula is C28H36FN3O4. The first-order valence-corrected chi connectivity index (χ1v) is 12.9. The minimum absolute atomic E-state index is 0.172. The molecule has 0 radical (unpaired) electrons. The Morgan fingerprint density at radius 3 is 2.78 bits per heavy atom. The number of aliphatic hydroxyl groups is 1. The normalized spacial score (nSPS) is 21.2. The summed E-state index contributed by atoms with van der Waals surface area (Å²) in [6.45, 7) is 2.57. The van der Waals surface area contributed by atoms with Crippen LogP contribution in [-0.2, 0) is 28.0 Å². The van der Waals surface area contributed by atoms with Crippen LogP contribution in [-0.4, -0.2) is 48.8 Å². The highest BCUT2D eigenvalue weighted by molar-refractivity contribution is 5.84. The van der Waals surface area contributed by atoms with Crippen molar-refractivity contribution in [2.45, 2.75) is 69.6 Å². The average Bonchev–Trinajstić information content (AvgIpc) is 3.66. The lowest BCUT2D eigenvalue weighted by Gasteiger charge is -2.27. The number of halogens is 1. The van der Waals surface area contributed by atoms with E-state index in [1.807, 2.05) is 0 Å². The Balaban J connectivity index is 1.49. The Morgan fingerprint density at radius 2 is 2.00 bits per heavy atom. The van der Waals surface area contributed by atoms with Gasteiger partial charge in [0.2, 0.25) is 11.8 Å². The first-order valence-electron chi connectivity index (χ1n) is 12.9. The summed E-state index contributed by atoms with van der Waals surface area (Å²) in [4.78, 5) is 24.7. The van der Waals surface area contributed by atoms with E-state index < -0.39 is 23.9 Å². The molecule has 2 aliphatic rings. The van der Waals surface area contributed by atoms with Gasteiger partial charge in [-0.25, -0.2) is 4.39 Å². The van der Waals surface area contributed by atoms with Gasteiger partial charge in [-0.15, -0.1) is 0 Å². The lowest BCUT2D eigenvalue weighted by Crippen LogP contribution is -2.52. The van der Waals surface area contributed by atoms with Crippen molar-refractivity contribution in [3.8, 4) is 5.75 Å². The molecule has 2 atom stereocenters. The van der Waals surface area contributed by atoms with Gasteiger partial charge in [0.05, 0.1) is 25.3 Å². The van der Waals surface area contributed by atoms with E-state index in [1.54, 1.807) is 6.07 Å². The summed E-state index contributed by atoms with van der Waals surface area (Å²) in [6.07, 6.45) is 3.71. The van der Waals surface area contributed by atoms with Gasteiger partial charge in [0.25, 0.3) is 0 Å². The first kappa shape index (κ1) is 26.1. The van der Waals surface area contributed by atoms with Crippen LogP contribution in [0.15, 0.2) is 42.5 Å². The smallest absolute Gasteiger partial charge is 0.239 e. The number of ether oxygens (including phenoxy) is 1. The fourth-order valence-corrected chi connectivity index (χ4v) is 4.69. The molecule has 2 aromatic rings. The fourth-order valence-electron chi connectivity index (χ4n) is 4.69. The van der Waals surface area contributed by atoms with E-state index in [4.69, 9.17) is 4.74 Å². The van der Waals surface area contributed by atoms with Crippen LogP contribution in [0.5, 0.6) is 5.75 Å². The Kier molecular flexibility index (Phi) is 8.59. The highest BCUT2D eigenvalue weighted by Crippen LogP contribution is 2.45. The number of rotatable bonds is 6. The van der Waals surface area contributed by atoms with Crippen LogP contribution >= 0.6 is 0 Å². The van der Waals surface area contributed by atoms with Gasteiger partial charge in [-0.1, -0.05) is 31.2 Å². The molecule has 1 saturated carbocycles. The molecule has 2 aromatic carbocycles. The van der Waals surface area contributed by atoms with E-state index in [-0.39, 0.29) is 37.4 Å². The number of aryl methyl sites for hydroxylation is 1. The molecule has 1 aliphatic heterocycles. The van der Waals surface area contributed by atoms with Crippen molar-refractivity contribution < 1.29 is 23.8 Å². The summed E-state index contributed by atoms with van der Waals surface area (Å²) in [5.74, 6) is -0.647. The van der Waals surface area contributed by atoms with Crippen molar-refractivity contribution in [1.82, 2.24) is 16.0 Å². The van der Waals surface area contributed by atoms with Crippen LogP contribution in [0.3, 0.4) is 0 Å². The maximum absolute atomic E-state index is 14.3. The second-order valence-electron chi connectivity index (χ2n) is 9.84. The molecular weight excluding hydrogens is 461 g/mol. The number of amides is 2. The van der Waals surface area contributed by atoms with E-state index in [1.165, 1.54) is 23.3 Å². The zero-order valence-electron chi connectivity index (χ0n) is 20.8. The van der Waals surface area contributed by atoms with Gasteiger partial charge in [-0.05, 0) is 67.3 Å². The molecule has 36 heavy (non-hydrogen) atoms. The molecule has 2 bridgehead atoms. The van der Waals surface area contributed by atoms with Gasteiger partial charge in [-0.3, -0.25) is 9.59 Å². The van der Waals surface area contributed by atoms with Crippen molar-refractivity contribution in [3.63, 3.8) is 0 Å². The second-order valence-corrected chi connectivity index (χ2v) is 9.84. The van der Waals surface area contributed by atoms with Crippen LogP contribution in [0, 0.1) is 5.82 Å². The summed E-state index contributed by atoms with van der Waals surface area (Å²) < 4.78 is 20.0. The third-order valence-corrected chi connectivity index (χ3v) is 7.00. The molecule has 1 aliphatic carbocycles. The van der Waals surface area contributed by atoms with Gasteiger partial charge < -0.3 is 25.8 Å². The molecule has 2 amide bonds. The monoisotopic (exact) mass is 497 g/mol. The van der Waals surface area contributed by atoms with E-state index in [0.717, 1.165) is 19.3 Å². The van der Waals surface area contributed by atoms with Crippen molar-refractivity contribution in [2.75, 3.05) is 19.7 Å². The molecule has 0 spiro atoms. The van der Waals surface area contributed by atoms with Gasteiger partial charge in [0, 0.05) is 24.6 Å². The van der Waals surface area contributed by atoms with E-state index >= 15 is 0 Å². The average molecular weight is 498 g/mol. The number of carbonyl (C=O) groups excluding carboxylic acids is 2. The standard InChI is InChI=1S/C28H36FN3O4/c1-2-19-6-5-7-21(12-19)28(9-10-28)31-17-25(33)24-15-20-13-22(29)16-23(14-20)36-11-4-3-8-26(34)30-18-27(35)32-24/h5-7,12-14,16,24-25,31,33H,2-4,8-11,15,17-18H2,1H3,(H,30,34)(H,32,35). The van der Waals surface area contributed by atoms with Crippen molar-refractivity contribution in [2.24, 2.45) is 0 Å². The molecule has 4 N–H and O–H groups in total. The van der Waals surface area contributed by atoms with Gasteiger partial charge in [0.15, 0.2) is 0 Å². The Labute approximate surface area is 211 Å². The van der Waals surface area contributed by atoms with E-state index in [9.17, 15) is 19.1 Å². The predicted octanol–water partition coefficient (Wildman–Crippen LogP) is 2.73. The van der Waals surface area contributed by atoms with Crippen LogP contribution in [0.4, 0.5) is 4.39 Å². The van der Waals surface area contributed by atoms with Gasteiger partial charge >= 0.3 is 0 Å². The highest BCUT2D eigenvalue weighted by atomic mass is 19.1. The summed E-state index contributed by atoms with van der Waals surface area (Å²) in [6, 6.07) is 12.3. The van der Waals surface area contributed by atoms with Gasteiger partial charge in [-0.2, -0.15) is 0 Å². The minimum Gasteiger partial charge on any atom is -0.493 e. The number of benzene rings is 2. The van der Waals surface area contributed by atoms with Crippen molar-refractivity contribution in [1.29, 1.82) is 0 Å². The molecule has 194 valence electrons. The summed E-state index contributed by atoms with van der Waals surface area (Å²) in [5.41, 5.74) is 2.91. The lowest BCUT2D eigenvalue weighted by atomic mass is 9.98. The van der Waals surface area contributed by atoms with Gasteiger partial charge in [0.1, 0.15) is 11.6 Å². The summed E-state index contributed by atoms with van der Waals surface area (Å²) in [5, 5.41) is 20.1. The molecule has 1 heterocycles. The quantitative estimate of drug-likeness (QED) is 0.492. The number of nitrogens with one attached hydrogen (secondary N) is 3. The molecule has 8 heteroatoms. The summed E-state index contributed by atoms with van der Waals surface area (Å²) in [7, 11) is 0. The highest BCUT2D eigenvalue weighted by Gasteiger charge is 2.44. The van der Waals surface area contributed by atoms with Crippen LogP contribution in [0.25, 0.3) is 0 Å². The van der Waals surface area contributed by atoms with Crippen molar-refractivity contribution >= 4 is 11.8 Å². The Morgan fingerprint density at radius 1 is 1.17 bits per heavy atom. The Bertz CT molecular complexity index is 1070. The second kappa shape index (κ2) is 11.8. The topological polar surface area (TPSA) is 99.7 Å². The third-order valence-electron chi connectivity index (χ3n) is 7.00. The minimum atomic E-state index is -0.931. The number of carbonyl (C=O) groups is 2. The van der Waals surface area contributed by atoms with Crippen LogP contribution < -0.4 is 20.7 Å². The first-order chi connectivity index (χ1) is 17.4. The SMILES string of the molecule is CCc1cccc(C2(NCC(O)C3Cc4cc(F)cc(c4)OCCCCC(=O)NCC(=O)N3)CC2)c1. The fraction of sp³-hybridized carbons (Fsp3) is 0.500. The maximum atomic E-state index is 14.3. The molecule has 1 fully saturated rings. The largest absolute Gasteiger partial charge is 0.493 e. The lowest BCUT2D eigenvalue weighted by molar-refractivity contribution is -0.126. The maximum Gasteiger partial charge on any atom is 0.239 e. The van der Waals surface area contributed by atoms with E-state index in [2.05, 4.69) is 47.1 Å². The third kappa shape index (κ3) is 7.04. The van der Waals surface area contributed by atoms with Crippen molar-refractivity contribution in [3.05, 3.63) is 65.0 Å². The number of aliphatic hydroxyl groups excluding tert-OH is 1. The molecule has 4 rings (SSSR count). The predicted molar refractivity (Wildman–Crippen MR) is 135 cm³/mol. The molecule has 2 unspecified atom stereocenters. The zero-order valence-corrected chi connectivity index (χ0v) is 20.8. The zero-order chi connectivity index (χ0) is 25.5.